The molecule has 9 heteroatoms. The molecule has 1 fully saturated rings. The smallest absolute Gasteiger partial charge is 0.329 e. The quantitative estimate of drug-likeness (QED) is 0.232. The molecule has 1 aliphatic rings. The van der Waals surface area contributed by atoms with Gasteiger partial charge < -0.3 is 14.8 Å². The second-order valence-corrected chi connectivity index (χ2v) is 8.47. The van der Waals surface area contributed by atoms with Crippen LogP contribution in [0.3, 0.4) is 0 Å². The van der Waals surface area contributed by atoms with Crippen LogP contribution in [-0.4, -0.2) is 36.5 Å². The third-order valence-corrected chi connectivity index (χ3v) is 5.61. The molecule has 3 amide bonds. The number of esters is 1. The van der Waals surface area contributed by atoms with Crippen LogP contribution < -0.4 is 10.1 Å². The van der Waals surface area contributed by atoms with Crippen LogP contribution in [0.1, 0.15) is 11.1 Å². The highest BCUT2D eigenvalue weighted by Crippen LogP contribution is 2.25. The van der Waals surface area contributed by atoms with Crippen molar-refractivity contribution in [2.75, 3.05) is 13.7 Å². The summed E-state index contributed by atoms with van der Waals surface area (Å²) >= 11 is 4.41. The van der Waals surface area contributed by atoms with E-state index >= 15 is 0 Å². The van der Waals surface area contributed by atoms with Gasteiger partial charge >= 0.3 is 12.0 Å². The Morgan fingerprint density at radius 3 is 2.52 bits per heavy atom. The molecule has 1 saturated heterocycles. The van der Waals surface area contributed by atoms with E-state index in [1.54, 1.807) is 12.1 Å². The normalized spacial score (nSPS) is 14.9. The van der Waals surface area contributed by atoms with Crippen LogP contribution in [0, 0.1) is 7.14 Å². The Morgan fingerprint density at radius 1 is 1.14 bits per heavy atom. The fraction of sp³-hybridized carbons (Fsp3) is 0.150. The summed E-state index contributed by atoms with van der Waals surface area (Å²) in [6.45, 7) is 0.0196. The van der Waals surface area contributed by atoms with Crippen molar-refractivity contribution < 1.29 is 23.9 Å². The number of carbonyl (C=O) groups excluding carboxylic acids is 3. The van der Waals surface area contributed by atoms with Crippen molar-refractivity contribution in [1.82, 2.24) is 10.2 Å². The Morgan fingerprint density at radius 2 is 1.86 bits per heavy atom. The molecule has 29 heavy (non-hydrogen) atoms. The Labute approximate surface area is 194 Å². The molecule has 0 spiro atoms. The number of nitrogens with one attached hydrogen (secondary N) is 1. The number of carbonyl (C=O) groups is 3. The van der Waals surface area contributed by atoms with E-state index < -0.39 is 24.5 Å². The van der Waals surface area contributed by atoms with Crippen LogP contribution in [0.5, 0.6) is 5.75 Å². The zero-order chi connectivity index (χ0) is 21.0. The molecule has 0 unspecified atom stereocenters. The third kappa shape index (κ3) is 5.47. The summed E-state index contributed by atoms with van der Waals surface area (Å²) in [5, 5.41) is 2.47. The molecule has 0 bridgehead atoms. The summed E-state index contributed by atoms with van der Waals surface area (Å²) in [6, 6.07) is 12.9. The molecular weight excluding hydrogens is 602 g/mol. The Hall–Kier alpha value is -2.15. The van der Waals surface area contributed by atoms with E-state index in [9.17, 15) is 14.4 Å². The predicted octanol–water partition coefficient (Wildman–Crippen LogP) is 3.54. The molecule has 3 rings (SSSR count). The SMILES string of the molecule is COC(=O)CN1C(=O)N/C(=C/c2ccc(OCc3ccc(I)cc3)c(I)c2)C1=O. The van der Waals surface area contributed by atoms with Crippen LogP contribution in [0.2, 0.25) is 0 Å². The number of benzene rings is 2. The number of rotatable bonds is 6. The minimum atomic E-state index is -0.668. The van der Waals surface area contributed by atoms with Crippen molar-refractivity contribution in [3.63, 3.8) is 0 Å². The maximum Gasteiger partial charge on any atom is 0.329 e. The van der Waals surface area contributed by atoms with Crippen molar-refractivity contribution in [2.45, 2.75) is 6.61 Å². The Kier molecular flexibility index (Phi) is 7.11. The maximum atomic E-state index is 12.3. The molecular formula is C20H16I2N2O5. The Balaban J connectivity index is 1.69. The summed E-state index contributed by atoms with van der Waals surface area (Å²) in [6.07, 6.45) is 1.56. The maximum absolute atomic E-state index is 12.3. The van der Waals surface area contributed by atoms with E-state index in [4.69, 9.17) is 4.74 Å². The first-order valence-electron chi connectivity index (χ1n) is 8.45. The van der Waals surface area contributed by atoms with Crippen molar-refractivity contribution >= 4 is 69.2 Å². The largest absolute Gasteiger partial charge is 0.488 e. The fourth-order valence-electron chi connectivity index (χ4n) is 2.54. The number of urea groups is 1. The highest BCUT2D eigenvalue weighted by molar-refractivity contribution is 14.1. The van der Waals surface area contributed by atoms with E-state index in [1.165, 1.54) is 7.11 Å². The first-order chi connectivity index (χ1) is 13.9. The summed E-state index contributed by atoms with van der Waals surface area (Å²) < 4.78 is 12.4. The van der Waals surface area contributed by atoms with Crippen LogP contribution in [0.25, 0.3) is 6.08 Å². The zero-order valence-corrected chi connectivity index (χ0v) is 19.6. The molecule has 2 aromatic carbocycles. The van der Waals surface area contributed by atoms with E-state index in [2.05, 4.69) is 55.2 Å². The third-order valence-electron chi connectivity index (χ3n) is 4.05. The standard InChI is InChI=1S/C20H16I2N2O5/c1-28-18(25)10-24-19(26)16(23-20(24)27)9-13-4-7-17(15(22)8-13)29-11-12-2-5-14(21)6-3-12/h2-9H,10-11H2,1H3,(H,23,27)/b16-9+. The van der Waals surface area contributed by atoms with Crippen LogP contribution >= 0.6 is 45.2 Å². The first kappa shape index (κ1) is 21.6. The van der Waals surface area contributed by atoms with E-state index in [0.29, 0.717) is 6.61 Å². The van der Waals surface area contributed by atoms with E-state index in [0.717, 1.165) is 28.9 Å². The lowest BCUT2D eigenvalue weighted by Crippen LogP contribution is -2.36. The lowest BCUT2D eigenvalue weighted by atomic mass is 10.2. The van der Waals surface area contributed by atoms with Crippen molar-refractivity contribution in [2.24, 2.45) is 0 Å². The molecule has 0 aliphatic carbocycles. The molecule has 1 heterocycles. The second-order valence-electron chi connectivity index (χ2n) is 6.06. The number of methoxy groups -OCH3 is 1. The minimum absolute atomic E-state index is 0.0993. The van der Waals surface area contributed by atoms with Gasteiger partial charge in [-0.2, -0.15) is 0 Å². The topological polar surface area (TPSA) is 84.9 Å². The zero-order valence-electron chi connectivity index (χ0n) is 15.3. The van der Waals surface area contributed by atoms with Crippen molar-refractivity contribution in [3.8, 4) is 5.75 Å². The molecule has 0 saturated carbocycles. The number of hydrogen-bond donors (Lipinski definition) is 1. The summed E-state index contributed by atoms with van der Waals surface area (Å²) in [4.78, 5) is 36.4. The van der Waals surface area contributed by atoms with Gasteiger partial charge in [-0.15, -0.1) is 0 Å². The average Bonchev–Trinajstić information content (AvgIpc) is 2.96. The number of ether oxygens (including phenoxy) is 2. The fourth-order valence-corrected chi connectivity index (χ4v) is 3.60. The molecule has 150 valence electrons. The minimum Gasteiger partial charge on any atom is -0.488 e. The van der Waals surface area contributed by atoms with Gasteiger partial charge in [0, 0.05) is 3.57 Å². The number of halogens is 2. The highest BCUT2D eigenvalue weighted by Gasteiger charge is 2.35. The summed E-state index contributed by atoms with van der Waals surface area (Å²) in [5.41, 5.74) is 1.89. The monoisotopic (exact) mass is 618 g/mol. The van der Waals surface area contributed by atoms with Gasteiger partial charge in [0.1, 0.15) is 24.6 Å². The molecule has 1 N–H and O–H groups in total. The molecule has 1 aliphatic heterocycles. The van der Waals surface area contributed by atoms with Gasteiger partial charge in [0.25, 0.3) is 5.91 Å². The summed E-state index contributed by atoms with van der Waals surface area (Å²) in [5.74, 6) is -0.520. The molecule has 2 aromatic rings. The van der Waals surface area contributed by atoms with Crippen molar-refractivity contribution in [1.29, 1.82) is 0 Å². The van der Waals surface area contributed by atoms with Gasteiger partial charge in [-0.05, 0) is 86.7 Å². The lowest BCUT2D eigenvalue weighted by Gasteiger charge is -2.10. The van der Waals surface area contributed by atoms with Crippen LogP contribution in [-0.2, 0) is 20.9 Å². The first-order valence-corrected chi connectivity index (χ1v) is 10.6. The highest BCUT2D eigenvalue weighted by atomic mass is 127. The number of hydrogen-bond acceptors (Lipinski definition) is 5. The number of amides is 3. The lowest BCUT2D eigenvalue weighted by molar-refractivity contribution is -0.143. The van der Waals surface area contributed by atoms with E-state index in [1.807, 2.05) is 36.4 Å². The second kappa shape index (κ2) is 9.57. The molecule has 0 atom stereocenters. The predicted molar refractivity (Wildman–Crippen MR) is 123 cm³/mol. The van der Waals surface area contributed by atoms with Gasteiger partial charge in [-0.25, -0.2) is 9.69 Å². The summed E-state index contributed by atoms with van der Waals surface area (Å²) in [7, 11) is 1.20. The van der Waals surface area contributed by atoms with Gasteiger partial charge in [0.05, 0.1) is 10.7 Å². The van der Waals surface area contributed by atoms with Crippen molar-refractivity contribution in [3.05, 3.63) is 66.4 Å². The molecule has 0 aromatic heterocycles. The number of nitrogens with zero attached hydrogens (tertiary/aromatic N) is 1. The Bertz CT molecular complexity index is 989. The van der Waals surface area contributed by atoms with Gasteiger partial charge in [0.15, 0.2) is 0 Å². The molecule has 0 radical (unpaired) electrons. The molecule has 7 nitrogen and oxygen atoms in total. The van der Waals surface area contributed by atoms with Crippen LogP contribution in [0.15, 0.2) is 48.2 Å². The average molecular weight is 618 g/mol. The van der Waals surface area contributed by atoms with Gasteiger partial charge in [-0.1, -0.05) is 18.2 Å². The number of imide groups is 1. The van der Waals surface area contributed by atoms with Gasteiger partial charge in [-0.3, -0.25) is 9.59 Å². The van der Waals surface area contributed by atoms with E-state index in [-0.39, 0.29) is 5.70 Å². The van der Waals surface area contributed by atoms with Crippen LogP contribution in [0.4, 0.5) is 4.79 Å². The van der Waals surface area contributed by atoms with Gasteiger partial charge in [0.2, 0.25) is 0 Å².